The molecule has 8 heteroatoms. The summed E-state index contributed by atoms with van der Waals surface area (Å²) >= 11 is 0. The van der Waals surface area contributed by atoms with E-state index in [-0.39, 0.29) is 24.3 Å². The van der Waals surface area contributed by atoms with Crippen LogP contribution < -0.4 is 10.6 Å². The van der Waals surface area contributed by atoms with Gasteiger partial charge in [0, 0.05) is 12.2 Å². The van der Waals surface area contributed by atoms with Crippen LogP contribution in [0.1, 0.15) is 24.0 Å². The van der Waals surface area contributed by atoms with E-state index in [0.717, 1.165) is 21.9 Å². The molecule has 3 heterocycles. The Hall–Kier alpha value is -4.53. The number of anilines is 1. The highest BCUT2D eigenvalue weighted by atomic mass is 16.5. The van der Waals surface area contributed by atoms with E-state index in [1.807, 2.05) is 103 Å². The first-order chi connectivity index (χ1) is 21.5. The average molecular weight is 590 g/mol. The van der Waals surface area contributed by atoms with E-state index < -0.39 is 35.6 Å². The molecule has 0 aromatic heterocycles. The molecule has 3 aliphatic rings. The Bertz CT molecular complexity index is 1700. The number of aliphatic hydroxyl groups is 1. The summed E-state index contributed by atoms with van der Waals surface area (Å²) in [5.74, 6) is -2.50. The van der Waals surface area contributed by atoms with E-state index in [0.29, 0.717) is 31.5 Å². The van der Waals surface area contributed by atoms with Crippen LogP contribution in [0.25, 0.3) is 10.8 Å². The average Bonchev–Trinajstić information content (AvgIpc) is 3.71. The zero-order chi connectivity index (χ0) is 30.3. The fourth-order valence-corrected chi connectivity index (χ4v) is 7.60. The van der Waals surface area contributed by atoms with Crippen molar-refractivity contribution in [2.45, 2.75) is 49.6 Å². The van der Waals surface area contributed by atoms with Crippen molar-refractivity contribution in [3.63, 3.8) is 0 Å². The topological polar surface area (TPSA) is 108 Å². The number of likely N-dealkylation sites (tertiary alicyclic amines) is 1. The van der Waals surface area contributed by atoms with Gasteiger partial charge < -0.3 is 25.4 Å². The molecule has 0 aliphatic carbocycles. The van der Waals surface area contributed by atoms with E-state index in [9.17, 15) is 19.5 Å². The van der Waals surface area contributed by atoms with Gasteiger partial charge in [-0.15, -0.1) is 0 Å². The van der Waals surface area contributed by atoms with E-state index in [2.05, 4.69) is 10.6 Å². The Morgan fingerprint density at radius 1 is 0.886 bits per heavy atom. The van der Waals surface area contributed by atoms with Gasteiger partial charge in [-0.3, -0.25) is 14.4 Å². The molecule has 2 bridgehead atoms. The minimum atomic E-state index is -1.17. The highest BCUT2D eigenvalue weighted by molar-refractivity contribution is 6.04. The smallest absolute Gasteiger partial charge is 0.250 e. The van der Waals surface area contributed by atoms with Gasteiger partial charge in [0.1, 0.15) is 11.6 Å². The van der Waals surface area contributed by atoms with Gasteiger partial charge in [0.15, 0.2) is 0 Å². The summed E-state index contributed by atoms with van der Waals surface area (Å²) < 4.78 is 6.59. The molecule has 6 atom stereocenters. The van der Waals surface area contributed by atoms with Crippen LogP contribution in [-0.2, 0) is 32.1 Å². The first-order valence-corrected chi connectivity index (χ1v) is 15.2. The maximum atomic E-state index is 14.5. The number of rotatable bonds is 9. The largest absolute Gasteiger partial charge is 0.394 e. The summed E-state index contributed by atoms with van der Waals surface area (Å²) in [6.45, 7) is -0.00282. The van der Waals surface area contributed by atoms with Crippen LogP contribution in [0, 0.1) is 11.8 Å². The van der Waals surface area contributed by atoms with Crippen molar-refractivity contribution in [1.29, 1.82) is 0 Å². The number of hydrogen-bond acceptors (Lipinski definition) is 5. The summed E-state index contributed by atoms with van der Waals surface area (Å²) in [6, 6.07) is 31.1. The summed E-state index contributed by atoms with van der Waals surface area (Å²) in [5, 5.41) is 18.7. The third-order valence-electron chi connectivity index (χ3n) is 9.53. The lowest BCUT2D eigenvalue weighted by Crippen LogP contribution is -2.56. The van der Waals surface area contributed by atoms with E-state index in [1.54, 1.807) is 0 Å². The third-order valence-corrected chi connectivity index (χ3v) is 9.53. The lowest BCUT2D eigenvalue weighted by molar-refractivity contribution is -0.144. The first-order valence-electron chi connectivity index (χ1n) is 15.2. The zero-order valence-corrected chi connectivity index (χ0v) is 24.3. The Morgan fingerprint density at radius 3 is 2.30 bits per heavy atom. The van der Waals surface area contributed by atoms with Gasteiger partial charge in [-0.1, -0.05) is 91.0 Å². The number of fused-ring (bicyclic) bond motifs is 2. The second kappa shape index (κ2) is 11.5. The predicted octanol–water partition coefficient (Wildman–Crippen LogP) is 4.07. The zero-order valence-electron chi connectivity index (χ0n) is 24.3. The van der Waals surface area contributed by atoms with Crippen molar-refractivity contribution in [2.75, 3.05) is 11.9 Å². The molecule has 3 amide bonds. The number of benzene rings is 4. The lowest BCUT2D eigenvalue weighted by atomic mass is 9.70. The summed E-state index contributed by atoms with van der Waals surface area (Å²) in [6.07, 6.45) is 0.953. The van der Waals surface area contributed by atoms with Crippen molar-refractivity contribution in [1.82, 2.24) is 10.2 Å². The van der Waals surface area contributed by atoms with Crippen LogP contribution in [0.15, 0.2) is 103 Å². The van der Waals surface area contributed by atoms with Crippen LogP contribution >= 0.6 is 0 Å². The van der Waals surface area contributed by atoms with E-state index in [1.165, 1.54) is 4.90 Å². The van der Waals surface area contributed by atoms with E-state index >= 15 is 0 Å². The fourth-order valence-electron chi connectivity index (χ4n) is 7.60. The van der Waals surface area contributed by atoms with Gasteiger partial charge >= 0.3 is 0 Å². The van der Waals surface area contributed by atoms with E-state index in [4.69, 9.17) is 4.74 Å². The van der Waals surface area contributed by atoms with Gasteiger partial charge in [-0.2, -0.15) is 0 Å². The quantitative estimate of drug-likeness (QED) is 0.273. The van der Waals surface area contributed by atoms with Gasteiger partial charge in [-0.05, 0) is 53.3 Å². The maximum absolute atomic E-state index is 14.5. The monoisotopic (exact) mass is 589 g/mol. The Balaban J connectivity index is 1.22. The SMILES string of the molecule is O=C(Nc1ccc2ccccc2c1)C1N([C@@H](CO)Cc2ccccc2)C(=O)[C@@H]2[C@H](C(=O)NCc3ccccc3)[C@@H]3CCC12O3. The first kappa shape index (κ1) is 28.3. The summed E-state index contributed by atoms with van der Waals surface area (Å²) in [7, 11) is 0. The van der Waals surface area contributed by atoms with Gasteiger partial charge in [0.05, 0.1) is 30.6 Å². The molecule has 3 N–H and O–H groups in total. The second-order valence-corrected chi connectivity index (χ2v) is 12.1. The van der Waals surface area contributed by atoms with Gasteiger partial charge in [-0.25, -0.2) is 0 Å². The highest BCUT2D eigenvalue weighted by Crippen LogP contribution is 2.59. The fraction of sp³-hybridized carbons (Fsp3) is 0.306. The standard InChI is InChI=1S/C36H35N3O5/c40-22-28(19-23-9-3-1-4-10-23)39-32(34(42)38-27-16-15-25-13-7-8-14-26(25)20-27)36-18-17-29(44-36)30(31(36)35(39)43)33(41)37-21-24-11-5-2-6-12-24/h1-16,20,28-32,40H,17-19,21-22H2,(H,37,41)(H,38,42)/t28-,29+,30-,31+,32?,36?/m1/s1. The van der Waals surface area contributed by atoms with Crippen molar-refractivity contribution < 1.29 is 24.2 Å². The number of nitrogens with zero attached hydrogens (tertiary/aromatic N) is 1. The second-order valence-electron chi connectivity index (χ2n) is 12.1. The molecule has 44 heavy (non-hydrogen) atoms. The molecule has 4 aromatic rings. The number of amides is 3. The van der Waals surface area contributed by atoms with Crippen LogP contribution in [0.4, 0.5) is 5.69 Å². The number of carbonyl (C=O) groups is 3. The van der Waals surface area contributed by atoms with Gasteiger partial charge in [0.2, 0.25) is 17.7 Å². The molecule has 7 rings (SSSR count). The Kier molecular flexibility index (Phi) is 7.40. The third kappa shape index (κ3) is 4.84. The molecule has 3 saturated heterocycles. The van der Waals surface area contributed by atoms with Crippen LogP contribution in [0.2, 0.25) is 0 Å². The summed E-state index contributed by atoms with van der Waals surface area (Å²) in [4.78, 5) is 44.0. The van der Waals surface area contributed by atoms with Crippen LogP contribution in [-0.4, -0.2) is 58.1 Å². The number of aliphatic hydroxyl groups excluding tert-OH is 1. The highest BCUT2D eigenvalue weighted by Gasteiger charge is 2.75. The predicted molar refractivity (Wildman–Crippen MR) is 166 cm³/mol. The Labute approximate surface area is 256 Å². The molecule has 1 spiro atoms. The number of carbonyl (C=O) groups excluding carboxylic acids is 3. The van der Waals surface area contributed by atoms with Crippen molar-refractivity contribution >= 4 is 34.2 Å². The molecule has 2 unspecified atom stereocenters. The van der Waals surface area contributed by atoms with Crippen molar-refractivity contribution in [3.8, 4) is 0 Å². The van der Waals surface area contributed by atoms with Crippen LogP contribution in [0.3, 0.4) is 0 Å². The summed E-state index contributed by atoms with van der Waals surface area (Å²) in [5.41, 5.74) is 1.33. The number of ether oxygens (including phenoxy) is 1. The molecule has 0 radical (unpaired) electrons. The molecule has 8 nitrogen and oxygen atoms in total. The molecule has 224 valence electrons. The molecular weight excluding hydrogens is 554 g/mol. The van der Waals surface area contributed by atoms with Crippen molar-refractivity contribution in [2.24, 2.45) is 11.8 Å². The Morgan fingerprint density at radius 2 is 1.57 bits per heavy atom. The van der Waals surface area contributed by atoms with Gasteiger partial charge in [0.25, 0.3) is 0 Å². The molecule has 3 fully saturated rings. The molecular formula is C36H35N3O5. The maximum Gasteiger partial charge on any atom is 0.250 e. The minimum Gasteiger partial charge on any atom is -0.394 e. The van der Waals surface area contributed by atoms with Crippen LogP contribution in [0.5, 0.6) is 0 Å². The molecule has 0 saturated carbocycles. The lowest BCUT2D eigenvalue weighted by Gasteiger charge is -2.36. The minimum absolute atomic E-state index is 0.252. The number of hydrogen-bond donors (Lipinski definition) is 3. The molecule has 3 aliphatic heterocycles. The van der Waals surface area contributed by atoms with Crippen molar-refractivity contribution in [3.05, 3.63) is 114 Å². The number of nitrogens with one attached hydrogen (secondary N) is 2. The normalized spacial score (nSPS) is 26.0. The molecule has 4 aromatic carbocycles.